The summed E-state index contributed by atoms with van der Waals surface area (Å²) < 4.78 is 3.81. The zero-order valence-corrected chi connectivity index (χ0v) is 14.7. The maximum absolute atomic E-state index is 12.3. The summed E-state index contributed by atoms with van der Waals surface area (Å²) in [4.78, 5) is 12.3. The van der Waals surface area contributed by atoms with Gasteiger partial charge in [-0.15, -0.1) is 0 Å². The standard InChI is InChI=1S/C15H16Br2N2O/c1-3-19-14(15(17)10(2)18-19)9-12(20)8-11-6-4-5-7-13(11)16/h4-7H,3,8-9H2,1-2H3. The molecule has 3 nitrogen and oxygen atoms in total. The van der Waals surface area contributed by atoms with Crippen LogP contribution in [-0.4, -0.2) is 15.6 Å². The molecule has 0 N–H and O–H groups in total. The summed E-state index contributed by atoms with van der Waals surface area (Å²) in [5.74, 6) is 0.187. The number of halogens is 2. The predicted octanol–water partition coefficient (Wildman–Crippen LogP) is 4.09. The lowest BCUT2D eigenvalue weighted by Crippen LogP contribution is -2.12. The molecule has 1 aromatic carbocycles. The van der Waals surface area contributed by atoms with Gasteiger partial charge in [0.1, 0.15) is 5.78 Å². The summed E-state index contributed by atoms with van der Waals surface area (Å²) >= 11 is 7.00. The van der Waals surface area contributed by atoms with Crippen LogP contribution >= 0.6 is 31.9 Å². The molecule has 2 aromatic rings. The Morgan fingerprint density at radius 3 is 2.60 bits per heavy atom. The number of hydrogen-bond donors (Lipinski definition) is 0. The Hall–Kier alpha value is -0.940. The second kappa shape index (κ2) is 6.68. The fraction of sp³-hybridized carbons (Fsp3) is 0.333. The van der Waals surface area contributed by atoms with E-state index in [1.165, 1.54) is 0 Å². The van der Waals surface area contributed by atoms with Crippen LogP contribution in [0.2, 0.25) is 0 Å². The lowest BCUT2D eigenvalue weighted by molar-refractivity contribution is -0.117. The minimum atomic E-state index is 0.187. The largest absolute Gasteiger partial charge is 0.299 e. The quantitative estimate of drug-likeness (QED) is 0.758. The Kier molecular flexibility index (Phi) is 5.16. The van der Waals surface area contributed by atoms with E-state index in [2.05, 4.69) is 37.0 Å². The third-order valence-electron chi connectivity index (χ3n) is 3.16. The number of aromatic nitrogens is 2. The molecule has 0 fully saturated rings. The van der Waals surface area contributed by atoms with E-state index >= 15 is 0 Å². The van der Waals surface area contributed by atoms with Crippen molar-refractivity contribution in [3.63, 3.8) is 0 Å². The van der Waals surface area contributed by atoms with Crippen molar-refractivity contribution < 1.29 is 4.79 Å². The van der Waals surface area contributed by atoms with E-state index in [4.69, 9.17) is 0 Å². The lowest BCUT2D eigenvalue weighted by atomic mass is 10.1. The maximum Gasteiger partial charge on any atom is 0.143 e. The van der Waals surface area contributed by atoms with Crippen LogP contribution in [0.25, 0.3) is 0 Å². The van der Waals surface area contributed by atoms with Crippen LogP contribution in [0.15, 0.2) is 33.2 Å². The van der Waals surface area contributed by atoms with Gasteiger partial charge in [0.25, 0.3) is 0 Å². The molecule has 0 bridgehead atoms. The van der Waals surface area contributed by atoms with Gasteiger partial charge in [0.15, 0.2) is 0 Å². The Morgan fingerprint density at radius 2 is 1.95 bits per heavy atom. The molecule has 0 aliphatic carbocycles. The van der Waals surface area contributed by atoms with Crippen molar-refractivity contribution >= 4 is 37.6 Å². The average Bonchev–Trinajstić information content (AvgIpc) is 2.69. The summed E-state index contributed by atoms with van der Waals surface area (Å²) in [5.41, 5.74) is 2.91. The van der Waals surface area contributed by atoms with Gasteiger partial charge in [0.05, 0.1) is 15.9 Å². The van der Waals surface area contributed by atoms with Crippen LogP contribution in [0, 0.1) is 6.92 Å². The topological polar surface area (TPSA) is 34.9 Å². The van der Waals surface area contributed by atoms with Gasteiger partial charge in [-0.05, 0) is 41.4 Å². The van der Waals surface area contributed by atoms with Gasteiger partial charge in [-0.1, -0.05) is 34.1 Å². The van der Waals surface area contributed by atoms with Crippen LogP contribution in [-0.2, 0) is 24.2 Å². The second-order valence-electron chi connectivity index (χ2n) is 4.65. The fourth-order valence-electron chi connectivity index (χ4n) is 2.14. The van der Waals surface area contributed by atoms with E-state index in [9.17, 15) is 4.79 Å². The molecule has 0 spiro atoms. The van der Waals surface area contributed by atoms with Gasteiger partial charge in [-0.25, -0.2) is 0 Å². The van der Waals surface area contributed by atoms with E-state index in [0.717, 1.165) is 32.4 Å². The molecule has 0 unspecified atom stereocenters. The normalized spacial score (nSPS) is 10.8. The fourth-order valence-corrected chi connectivity index (χ4v) is 2.99. The molecule has 0 aliphatic heterocycles. The molecule has 0 radical (unpaired) electrons. The zero-order valence-electron chi connectivity index (χ0n) is 11.5. The minimum Gasteiger partial charge on any atom is -0.299 e. The van der Waals surface area contributed by atoms with Gasteiger partial charge < -0.3 is 0 Å². The lowest BCUT2D eigenvalue weighted by Gasteiger charge is -2.06. The van der Waals surface area contributed by atoms with Gasteiger partial charge in [-0.2, -0.15) is 5.10 Å². The third kappa shape index (κ3) is 3.38. The number of Topliss-reactive ketones (excluding diaryl/α,β-unsaturated/α-hetero) is 1. The summed E-state index contributed by atoms with van der Waals surface area (Å²) in [6.07, 6.45) is 0.832. The first-order valence-corrected chi connectivity index (χ1v) is 8.08. The number of hydrogen-bond acceptors (Lipinski definition) is 2. The monoisotopic (exact) mass is 398 g/mol. The van der Waals surface area contributed by atoms with Crippen LogP contribution in [0.4, 0.5) is 0 Å². The number of aryl methyl sites for hydroxylation is 2. The van der Waals surface area contributed by atoms with Crippen molar-refractivity contribution in [2.24, 2.45) is 0 Å². The third-order valence-corrected chi connectivity index (χ3v) is 4.97. The number of nitrogens with zero attached hydrogens (tertiary/aromatic N) is 2. The van der Waals surface area contributed by atoms with Gasteiger partial charge >= 0.3 is 0 Å². The molecule has 0 saturated heterocycles. The molecule has 106 valence electrons. The predicted molar refractivity (Wildman–Crippen MR) is 86.9 cm³/mol. The van der Waals surface area contributed by atoms with Crippen LogP contribution in [0.1, 0.15) is 23.9 Å². The summed E-state index contributed by atoms with van der Waals surface area (Å²) in [5, 5.41) is 4.41. The first-order valence-electron chi connectivity index (χ1n) is 6.49. The summed E-state index contributed by atoms with van der Waals surface area (Å²) in [6, 6.07) is 7.83. The SMILES string of the molecule is CCn1nc(C)c(Br)c1CC(=O)Cc1ccccc1Br. The van der Waals surface area contributed by atoms with Gasteiger partial charge in [-0.3, -0.25) is 9.48 Å². The molecule has 0 aliphatic rings. The highest BCUT2D eigenvalue weighted by Crippen LogP contribution is 2.23. The Labute approximate surface area is 135 Å². The van der Waals surface area contributed by atoms with Crippen molar-refractivity contribution in [3.8, 4) is 0 Å². The molecule has 0 amide bonds. The smallest absolute Gasteiger partial charge is 0.143 e. The number of carbonyl (C=O) groups excluding carboxylic acids is 1. The Bertz CT molecular complexity index is 635. The van der Waals surface area contributed by atoms with Gasteiger partial charge in [0, 0.05) is 23.9 Å². The molecule has 2 rings (SSSR count). The van der Waals surface area contributed by atoms with Crippen molar-refractivity contribution in [2.75, 3.05) is 0 Å². The van der Waals surface area contributed by atoms with E-state index < -0.39 is 0 Å². The Morgan fingerprint density at radius 1 is 1.25 bits per heavy atom. The van der Waals surface area contributed by atoms with E-state index in [1.54, 1.807) is 0 Å². The van der Waals surface area contributed by atoms with E-state index in [0.29, 0.717) is 12.8 Å². The maximum atomic E-state index is 12.3. The van der Waals surface area contributed by atoms with Crippen LogP contribution in [0.5, 0.6) is 0 Å². The number of carbonyl (C=O) groups is 1. The van der Waals surface area contributed by atoms with Crippen LogP contribution < -0.4 is 0 Å². The Balaban J connectivity index is 2.15. The van der Waals surface area contributed by atoms with Crippen LogP contribution in [0.3, 0.4) is 0 Å². The van der Waals surface area contributed by atoms with Crippen molar-refractivity contribution in [1.29, 1.82) is 0 Å². The number of ketones is 1. The number of benzene rings is 1. The van der Waals surface area contributed by atoms with Crippen molar-refractivity contribution in [3.05, 3.63) is 50.2 Å². The molecule has 0 saturated carbocycles. The summed E-state index contributed by atoms with van der Waals surface area (Å²) in [7, 11) is 0. The van der Waals surface area contributed by atoms with E-state index in [-0.39, 0.29) is 5.78 Å². The van der Waals surface area contributed by atoms with Gasteiger partial charge in [0.2, 0.25) is 0 Å². The zero-order chi connectivity index (χ0) is 14.7. The van der Waals surface area contributed by atoms with Crippen molar-refractivity contribution in [1.82, 2.24) is 9.78 Å². The average molecular weight is 400 g/mol. The molecule has 1 heterocycles. The first kappa shape index (κ1) is 15.4. The molecular weight excluding hydrogens is 384 g/mol. The minimum absolute atomic E-state index is 0.187. The highest BCUT2D eigenvalue weighted by atomic mass is 79.9. The second-order valence-corrected chi connectivity index (χ2v) is 6.29. The highest BCUT2D eigenvalue weighted by Gasteiger charge is 2.16. The molecule has 0 atom stereocenters. The van der Waals surface area contributed by atoms with Crippen molar-refractivity contribution in [2.45, 2.75) is 33.2 Å². The van der Waals surface area contributed by atoms with E-state index in [1.807, 2.05) is 42.8 Å². The first-order chi connectivity index (χ1) is 9.52. The highest BCUT2D eigenvalue weighted by molar-refractivity contribution is 9.10. The molecule has 5 heteroatoms. The molecule has 20 heavy (non-hydrogen) atoms. The molecular formula is C15H16Br2N2O. The summed E-state index contributed by atoms with van der Waals surface area (Å²) in [6.45, 7) is 4.74. The molecule has 1 aromatic heterocycles. The number of rotatable bonds is 5.